The topological polar surface area (TPSA) is 76.7 Å². The number of ether oxygens (including phenoxy) is 2. The molecule has 0 unspecified atom stereocenters. The van der Waals surface area contributed by atoms with Gasteiger partial charge in [0.15, 0.2) is 5.11 Å². The molecule has 8 heteroatoms. The van der Waals surface area contributed by atoms with Crippen LogP contribution in [0.15, 0.2) is 0 Å². The van der Waals surface area contributed by atoms with Gasteiger partial charge in [0, 0.05) is 18.9 Å². The largest absolute Gasteiger partial charge is 1.00 e. The van der Waals surface area contributed by atoms with Crippen molar-refractivity contribution < 1.29 is 37.9 Å². The third-order valence-electron chi connectivity index (χ3n) is 11.1. The van der Waals surface area contributed by atoms with Crippen molar-refractivity contribution in [3.05, 3.63) is 21.8 Å². The Hall–Kier alpha value is -0.773. The van der Waals surface area contributed by atoms with E-state index in [1.165, 1.54) is 116 Å². The predicted molar refractivity (Wildman–Crippen MR) is 250 cm³/mol. The second-order valence-corrected chi connectivity index (χ2v) is 16.7. The summed E-state index contributed by atoms with van der Waals surface area (Å²) in [6, 6.07) is 0.375. The zero-order chi connectivity index (χ0) is 39.7. The normalized spacial score (nSPS) is 10.9. The summed E-state index contributed by atoms with van der Waals surface area (Å²) < 4.78 is 11.3. The molecule has 0 heterocycles. The van der Waals surface area contributed by atoms with Crippen LogP contribution in [-0.2, 0) is 19.1 Å². The van der Waals surface area contributed by atoms with Crippen LogP contribution in [0.2, 0.25) is 0 Å². The minimum atomic E-state index is -0.0157. The van der Waals surface area contributed by atoms with Crippen molar-refractivity contribution in [3.8, 4) is 0 Å². The van der Waals surface area contributed by atoms with E-state index in [0.717, 1.165) is 95.1 Å². The first-order chi connectivity index (χ1) is 26.4. The number of nitrogens with one attached hydrogen (secondary N) is 2. The fourth-order valence-corrected chi connectivity index (χ4v) is 7.80. The molecule has 0 aromatic heterocycles. The smallest absolute Gasteiger partial charge is 0.466 e. The summed E-state index contributed by atoms with van der Waals surface area (Å²) in [4.78, 5) is 24.7. The van der Waals surface area contributed by atoms with Gasteiger partial charge in [0.25, 0.3) is 0 Å². The van der Waals surface area contributed by atoms with Crippen molar-refractivity contribution in [1.29, 1.82) is 0 Å². The molecule has 57 heavy (non-hydrogen) atoms. The molecular weight excluding hydrogens is 720 g/mol. The minimum Gasteiger partial charge on any atom is -0.466 e. The van der Waals surface area contributed by atoms with Crippen LogP contribution >= 0.6 is 12.2 Å². The van der Waals surface area contributed by atoms with Crippen molar-refractivity contribution >= 4 is 29.3 Å². The molecule has 0 spiro atoms. The van der Waals surface area contributed by atoms with Crippen LogP contribution in [0.25, 0.3) is 0 Å². The van der Waals surface area contributed by atoms with E-state index < -0.39 is 0 Å². The number of hydrogen-bond donors (Lipinski definition) is 2. The third kappa shape index (κ3) is 44.6. The quantitative estimate of drug-likeness (QED) is 0.0209. The minimum absolute atomic E-state index is 0. The fraction of sp³-hybridized carbons (Fsp3) is 0.878. The third-order valence-corrected chi connectivity index (χ3v) is 11.4. The first-order valence-electron chi connectivity index (χ1n) is 23.5. The monoisotopic (exact) mass is 817 g/mol. The zero-order valence-electron chi connectivity index (χ0n) is 39.4. The summed E-state index contributed by atoms with van der Waals surface area (Å²) in [7, 11) is 0. The molecule has 0 amide bonds. The number of carbonyl (C=O) groups is 2. The molecule has 0 bridgehead atoms. The van der Waals surface area contributed by atoms with Gasteiger partial charge in [-0.25, -0.2) is 0 Å². The van der Waals surface area contributed by atoms with Gasteiger partial charge >= 0.3 is 30.8 Å². The molecule has 0 aromatic carbocycles. The van der Waals surface area contributed by atoms with Gasteiger partial charge in [0.2, 0.25) is 0 Å². The molecule has 0 aromatic rings. The van der Waals surface area contributed by atoms with Crippen LogP contribution in [0.1, 0.15) is 240 Å². The molecule has 6 nitrogen and oxygen atoms in total. The van der Waals surface area contributed by atoms with E-state index in [2.05, 4.69) is 45.3 Å². The first kappa shape index (κ1) is 62.9. The Morgan fingerprint density at radius 3 is 1.19 bits per heavy atom. The number of carbonyl (C=O) groups excluding carboxylic acids is 2. The second-order valence-electron chi connectivity index (χ2n) is 16.3. The van der Waals surface area contributed by atoms with Crippen molar-refractivity contribution in [2.75, 3.05) is 19.8 Å². The summed E-state index contributed by atoms with van der Waals surface area (Å²) in [5.74, 6) is 1.38. The van der Waals surface area contributed by atoms with Gasteiger partial charge in [-0.05, 0) is 69.1 Å². The molecule has 0 aliphatic rings. The van der Waals surface area contributed by atoms with Crippen molar-refractivity contribution in [3.63, 3.8) is 0 Å². The van der Waals surface area contributed by atoms with E-state index in [-0.39, 0.29) is 45.7 Å². The summed E-state index contributed by atoms with van der Waals surface area (Å²) in [6.07, 6.45) is 37.8. The summed E-state index contributed by atoms with van der Waals surface area (Å²) in [5.41, 5.74) is 0. The van der Waals surface area contributed by atoms with Gasteiger partial charge in [-0.1, -0.05) is 182 Å². The van der Waals surface area contributed by atoms with E-state index >= 15 is 0 Å². The van der Waals surface area contributed by atoms with E-state index in [9.17, 15) is 9.59 Å². The molecule has 0 aliphatic carbocycles. The van der Waals surface area contributed by atoms with E-state index in [1.54, 1.807) is 0 Å². The number of esters is 2. The van der Waals surface area contributed by atoms with E-state index in [4.69, 9.17) is 21.7 Å². The Morgan fingerprint density at radius 1 is 0.509 bits per heavy atom. The Labute approximate surface area is 375 Å². The molecule has 0 rings (SSSR count). The summed E-state index contributed by atoms with van der Waals surface area (Å²) in [5, 5.41) is 7.58. The predicted octanol–water partition coefficient (Wildman–Crippen LogP) is 11.8. The van der Waals surface area contributed by atoms with E-state index in [1.807, 2.05) is 0 Å². The van der Waals surface area contributed by atoms with Gasteiger partial charge in [-0.15, -0.1) is 0 Å². The van der Waals surface area contributed by atoms with Gasteiger partial charge in [-0.3, -0.25) is 9.59 Å². The van der Waals surface area contributed by atoms with Crippen LogP contribution in [0, 0.1) is 33.6 Å². The molecule has 0 saturated heterocycles. The van der Waals surface area contributed by atoms with Crippen molar-refractivity contribution in [2.45, 2.75) is 246 Å². The van der Waals surface area contributed by atoms with E-state index in [0.29, 0.717) is 43.9 Å². The molecule has 0 radical (unpaired) electrons. The Kier molecular flexibility index (Phi) is 54.7. The fourth-order valence-electron chi connectivity index (χ4n) is 7.53. The van der Waals surface area contributed by atoms with Crippen LogP contribution in [-0.4, -0.2) is 42.9 Å². The van der Waals surface area contributed by atoms with Crippen LogP contribution in [0.4, 0.5) is 0 Å². The Bertz CT molecular complexity index is 772. The number of thiocarbonyl (C=S) groups is 1. The Morgan fingerprint density at radius 2 is 0.842 bits per heavy atom. The number of unbranched alkanes of at least 4 members (excludes halogenated alkanes) is 16. The summed E-state index contributed by atoms with van der Waals surface area (Å²) in [6.45, 7) is 14.9. The molecule has 0 atom stereocenters. The SMILES string of the molecule is [CH2-]CCNC(=S)NC(CCCCCCCC(=O)OCCC(CCCCC)CCCCC)CCCCCCCC(=O)OCCC(CCCCC)CCCCC.[CH3-].[CH3-].[Li+]. The van der Waals surface area contributed by atoms with Crippen molar-refractivity contribution in [2.24, 2.45) is 11.8 Å². The molecule has 0 fully saturated rings. The van der Waals surface area contributed by atoms with Gasteiger partial charge < -0.3 is 41.9 Å². The van der Waals surface area contributed by atoms with Gasteiger partial charge in [0.05, 0.1) is 13.2 Å². The number of rotatable bonds is 41. The zero-order valence-corrected chi connectivity index (χ0v) is 40.3. The maximum absolute atomic E-state index is 12.4. The Balaban J connectivity index is -0.00000468. The molecule has 336 valence electrons. The van der Waals surface area contributed by atoms with Crippen LogP contribution in [0.5, 0.6) is 0 Å². The molecule has 0 aliphatic heterocycles. The average Bonchev–Trinajstić information content (AvgIpc) is 3.16. The van der Waals surface area contributed by atoms with Crippen LogP contribution in [0.3, 0.4) is 0 Å². The molecule has 0 saturated carbocycles. The number of hydrogen-bond acceptors (Lipinski definition) is 5. The standard InChI is InChI=1S/C47H91N2O4S.2CH3.Li/c1-6-11-21-29-42(30-22-12-7-2)37-40-52-45(50)35-27-19-15-17-25-33-44(49-47(54)48-39-10-5)34-26-18-16-20-28-36-46(51)53-41-38-43(31-23-13-8-3)32-24-14-9-4;;;/h42-44H,5-41H2,1-4H3,(H2,48,49,54);2*1H3;/q3*-1;+1. The molecule has 2 N–H and O–H groups in total. The molecular formula is C49H97LiN2O4S-2. The maximum Gasteiger partial charge on any atom is 1.00 e. The second kappa shape index (κ2) is 49.6. The van der Waals surface area contributed by atoms with Crippen molar-refractivity contribution in [1.82, 2.24) is 10.6 Å². The maximum atomic E-state index is 12.4. The summed E-state index contributed by atoms with van der Waals surface area (Å²) >= 11 is 5.56. The first-order valence-corrected chi connectivity index (χ1v) is 23.9. The average molecular weight is 817 g/mol. The van der Waals surface area contributed by atoms with Gasteiger partial charge in [0.1, 0.15) is 0 Å². The van der Waals surface area contributed by atoms with Gasteiger partial charge in [-0.2, -0.15) is 6.42 Å². The van der Waals surface area contributed by atoms with Crippen LogP contribution < -0.4 is 29.5 Å².